The average molecular weight is 455 g/mol. The minimum Gasteiger partial charge on any atom is -0.346 e. The molecule has 0 bridgehead atoms. The van der Waals surface area contributed by atoms with Crippen molar-refractivity contribution in [1.29, 1.82) is 0 Å². The molecule has 6 nitrogen and oxygen atoms in total. The minimum atomic E-state index is -0.272. The van der Waals surface area contributed by atoms with Crippen molar-refractivity contribution < 1.29 is 4.79 Å². The minimum absolute atomic E-state index is 0.162. The zero-order valence-corrected chi connectivity index (χ0v) is 17.3. The molecular formula is C20H15BrN4O2S. The van der Waals surface area contributed by atoms with Gasteiger partial charge >= 0.3 is 0 Å². The third kappa shape index (κ3) is 3.88. The number of hydrogen-bond donors (Lipinski definition) is 1. The Morgan fingerprint density at radius 3 is 2.71 bits per heavy atom. The maximum atomic E-state index is 12.4. The third-order valence-electron chi connectivity index (χ3n) is 4.11. The number of aryl methyl sites for hydroxylation is 1. The van der Waals surface area contributed by atoms with Gasteiger partial charge in [-0.25, -0.2) is 4.98 Å². The van der Waals surface area contributed by atoms with E-state index in [0.717, 1.165) is 20.6 Å². The summed E-state index contributed by atoms with van der Waals surface area (Å²) in [6.07, 6.45) is 0. The van der Waals surface area contributed by atoms with E-state index < -0.39 is 0 Å². The van der Waals surface area contributed by atoms with Crippen LogP contribution in [0, 0.1) is 6.92 Å². The van der Waals surface area contributed by atoms with E-state index in [1.165, 1.54) is 21.9 Å². The van der Waals surface area contributed by atoms with Gasteiger partial charge in [0.25, 0.3) is 11.5 Å². The number of amides is 1. The first-order chi connectivity index (χ1) is 13.5. The number of carbonyl (C=O) groups is 1. The van der Waals surface area contributed by atoms with Crippen LogP contribution in [0.5, 0.6) is 0 Å². The molecule has 1 N–H and O–H groups in total. The third-order valence-corrected chi connectivity index (χ3v) is 5.56. The number of halogens is 1. The molecule has 2 heterocycles. The van der Waals surface area contributed by atoms with Gasteiger partial charge in [0.2, 0.25) is 4.96 Å². The molecule has 2 aromatic heterocycles. The Labute approximate surface area is 173 Å². The monoisotopic (exact) mass is 454 g/mol. The predicted molar refractivity (Wildman–Crippen MR) is 113 cm³/mol. The molecule has 28 heavy (non-hydrogen) atoms. The van der Waals surface area contributed by atoms with Crippen molar-refractivity contribution in [1.82, 2.24) is 19.9 Å². The van der Waals surface area contributed by atoms with Crippen molar-refractivity contribution in [3.8, 4) is 10.6 Å². The highest BCUT2D eigenvalue weighted by atomic mass is 79.9. The quantitative estimate of drug-likeness (QED) is 0.508. The van der Waals surface area contributed by atoms with E-state index in [-0.39, 0.29) is 18.0 Å². The largest absolute Gasteiger partial charge is 0.346 e. The van der Waals surface area contributed by atoms with E-state index in [0.29, 0.717) is 16.2 Å². The summed E-state index contributed by atoms with van der Waals surface area (Å²) >= 11 is 4.69. The topological polar surface area (TPSA) is 76.4 Å². The molecule has 0 unspecified atom stereocenters. The van der Waals surface area contributed by atoms with E-state index in [1.807, 2.05) is 37.3 Å². The van der Waals surface area contributed by atoms with Crippen LogP contribution in [0.15, 0.2) is 63.9 Å². The van der Waals surface area contributed by atoms with Crippen molar-refractivity contribution >= 4 is 38.1 Å². The summed E-state index contributed by atoms with van der Waals surface area (Å²) in [4.78, 5) is 29.7. The summed E-state index contributed by atoms with van der Waals surface area (Å²) in [5.41, 5.74) is 2.85. The van der Waals surface area contributed by atoms with Crippen LogP contribution in [-0.2, 0) is 6.54 Å². The second-order valence-electron chi connectivity index (χ2n) is 6.25. The molecule has 4 aromatic rings. The van der Waals surface area contributed by atoms with Crippen LogP contribution in [0.3, 0.4) is 0 Å². The molecule has 0 aliphatic carbocycles. The van der Waals surface area contributed by atoms with Crippen LogP contribution < -0.4 is 10.9 Å². The summed E-state index contributed by atoms with van der Waals surface area (Å²) in [5, 5.41) is 7.89. The van der Waals surface area contributed by atoms with Gasteiger partial charge in [-0.1, -0.05) is 63.2 Å². The lowest BCUT2D eigenvalue weighted by atomic mass is 10.2. The van der Waals surface area contributed by atoms with Crippen molar-refractivity contribution in [2.45, 2.75) is 13.5 Å². The van der Waals surface area contributed by atoms with Gasteiger partial charge in [0, 0.05) is 21.7 Å². The maximum Gasteiger partial charge on any atom is 0.275 e. The Bertz CT molecular complexity index is 1230. The molecule has 140 valence electrons. The van der Waals surface area contributed by atoms with Crippen molar-refractivity contribution in [2.75, 3.05) is 0 Å². The predicted octanol–water partition coefficient (Wildman–Crippen LogP) is 3.82. The molecule has 0 atom stereocenters. The van der Waals surface area contributed by atoms with Gasteiger partial charge in [-0.05, 0) is 25.1 Å². The van der Waals surface area contributed by atoms with Crippen LogP contribution in [-0.4, -0.2) is 20.5 Å². The normalized spacial score (nSPS) is 10.9. The fourth-order valence-electron chi connectivity index (χ4n) is 2.66. The molecule has 2 aromatic carbocycles. The molecule has 0 saturated heterocycles. The van der Waals surface area contributed by atoms with Gasteiger partial charge in [-0.3, -0.25) is 9.59 Å². The fourth-order valence-corrected chi connectivity index (χ4v) is 3.99. The number of nitrogens with one attached hydrogen (secondary N) is 1. The highest BCUT2D eigenvalue weighted by Gasteiger charge is 2.12. The van der Waals surface area contributed by atoms with Crippen LogP contribution in [0.4, 0.5) is 0 Å². The molecule has 0 spiro atoms. The van der Waals surface area contributed by atoms with Crippen molar-refractivity contribution in [3.63, 3.8) is 0 Å². The smallest absolute Gasteiger partial charge is 0.275 e. The molecule has 1 amide bonds. The number of fused-ring (bicyclic) bond motifs is 1. The van der Waals surface area contributed by atoms with Crippen LogP contribution in [0.25, 0.3) is 15.5 Å². The van der Waals surface area contributed by atoms with Gasteiger partial charge < -0.3 is 5.32 Å². The Morgan fingerprint density at radius 1 is 1.18 bits per heavy atom. The number of hydrogen-bond acceptors (Lipinski definition) is 5. The van der Waals surface area contributed by atoms with Gasteiger partial charge in [-0.2, -0.15) is 9.61 Å². The second-order valence-corrected chi connectivity index (χ2v) is 8.12. The van der Waals surface area contributed by atoms with E-state index in [4.69, 9.17) is 0 Å². The zero-order valence-electron chi connectivity index (χ0n) is 14.8. The molecule has 0 aliphatic heterocycles. The van der Waals surface area contributed by atoms with Crippen LogP contribution in [0.1, 0.15) is 21.6 Å². The summed E-state index contributed by atoms with van der Waals surface area (Å²) in [7, 11) is 0. The molecular weight excluding hydrogens is 440 g/mol. The first-order valence-corrected chi connectivity index (χ1v) is 10.1. The number of nitrogens with zero attached hydrogens (tertiary/aromatic N) is 3. The van der Waals surface area contributed by atoms with Gasteiger partial charge in [-0.15, -0.1) is 0 Å². The second kappa shape index (κ2) is 7.65. The lowest BCUT2D eigenvalue weighted by Gasteiger charge is -2.05. The SMILES string of the molecule is Cc1ccc(-c2nn3c(=O)cc(CNC(=O)c4cccc(Br)c4)nc3s2)cc1. The first-order valence-electron chi connectivity index (χ1n) is 8.50. The molecule has 8 heteroatoms. The number of rotatable bonds is 4. The molecule has 4 rings (SSSR count). The summed E-state index contributed by atoms with van der Waals surface area (Å²) < 4.78 is 2.12. The molecule has 0 fully saturated rings. The Morgan fingerprint density at radius 2 is 1.96 bits per heavy atom. The highest BCUT2D eigenvalue weighted by molar-refractivity contribution is 9.10. The first kappa shape index (κ1) is 18.5. The Balaban J connectivity index is 1.58. The maximum absolute atomic E-state index is 12.4. The van der Waals surface area contributed by atoms with Gasteiger partial charge in [0.05, 0.1) is 12.2 Å². The van der Waals surface area contributed by atoms with Gasteiger partial charge in [0.15, 0.2) is 0 Å². The average Bonchev–Trinajstić information content (AvgIpc) is 3.11. The molecule has 0 radical (unpaired) electrons. The van der Waals surface area contributed by atoms with Crippen molar-refractivity contribution in [2.24, 2.45) is 0 Å². The molecule has 0 saturated carbocycles. The van der Waals surface area contributed by atoms with E-state index in [9.17, 15) is 9.59 Å². The highest BCUT2D eigenvalue weighted by Crippen LogP contribution is 2.24. The van der Waals surface area contributed by atoms with Crippen molar-refractivity contribution in [3.05, 3.63) is 86.2 Å². The van der Waals surface area contributed by atoms with E-state index in [1.54, 1.807) is 18.2 Å². The standard InChI is InChI=1S/C20H15BrN4O2S/c1-12-5-7-13(8-6-12)19-24-25-17(26)10-16(23-20(25)28-19)11-22-18(27)14-3-2-4-15(21)9-14/h2-10H,11H2,1H3,(H,22,27). The van der Waals surface area contributed by atoms with E-state index in [2.05, 4.69) is 31.3 Å². The van der Waals surface area contributed by atoms with E-state index >= 15 is 0 Å². The number of aromatic nitrogens is 3. The van der Waals surface area contributed by atoms with Crippen LogP contribution >= 0.6 is 27.3 Å². The Hall–Kier alpha value is -2.84. The van der Waals surface area contributed by atoms with Crippen LogP contribution in [0.2, 0.25) is 0 Å². The zero-order chi connectivity index (χ0) is 19.7. The van der Waals surface area contributed by atoms with Gasteiger partial charge in [0.1, 0.15) is 5.01 Å². The summed E-state index contributed by atoms with van der Waals surface area (Å²) in [6.45, 7) is 2.18. The lowest BCUT2D eigenvalue weighted by molar-refractivity contribution is 0.0950. The summed E-state index contributed by atoms with van der Waals surface area (Å²) in [6, 6.07) is 16.4. The number of carbonyl (C=O) groups excluding carboxylic acids is 1. The fraction of sp³-hybridized carbons (Fsp3) is 0.100. The Kier molecular flexibility index (Phi) is 5.06. The summed E-state index contributed by atoms with van der Waals surface area (Å²) in [5.74, 6) is -0.229. The lowest BCUT2D eigenvalue weighted by Crippen LogP contribution is -2.25. The molecule has 0 aliphatic rings. The number of benzene rings is 2.